The average Bonchev–Trinajstić information content (AvgIpc) is 2.83. The number of rotatable bonds is 8. The van der Waals surface area contributed by atoms with Crippen molar-refractivity contribution in [3.63, 3.8) is 0 Å². The quantitative estimate of drug-likeness (QED) is 0.271. The van der Waals surface area contributed by atoms with Gasteiger partial charge in [-0.1, -0.05) is 72.8 Å². The highest BCUT2D eigenvalue weighted by Crippen LogP contribution is 2.55. The van der Waals surface area contributed by atoms with Crippen molar-refractivity contribution in [3.8, 4) is 5.75 Å². The molecule has 2 nitrogen and oxygen atoms in total. The molecule has 0 aliphatic carbocycles. The molecule has 0 saturated carbocycles. The third kappa shape index (κ3) is 5.54. The van der Waals surface area contributed by atoms with E-state index in [4.69, 9.17) is 4.74 Å². The molecule has 0 unspecified atom stereocenters. The summed E-state index contributed by atoms with van der Waals surface area (Å²) >= 11 is 0. The van der Waals surface area contributed by atoms with Crippen LogP contribution < -0.4 is 44.6 Å². The monoisotopic (exact) mass is 540 g/mol. The zero-order valence-electron chi connectivity index (χ0n) is 17.2. The maximum Gasteiger partial charge on any atom is 0.123 e. The number of hydrogen-bond acceptors (Lipinski definition) is 2. The first-order chi connectivity index (χ1) is 14.8. The van der Waals surface area contributed by atoms with Crippen LogP contribution in [0.3, 0.4) is 0 Å². The molecule has 4 aromatic rings. The smallest absolute Gasteiger partial charge is 0.123 e. The number of para-hydroxylation sites is 1. The summed E-state index contributed by atoms with van der Waals surface area (Å²) in [5, 5.41) is 14.9. The van der Waals surface area contributed by atoms with Gasteiger partial charge in [0.15, 0.2) is 0 Å². The van der Waals surface area contributed by atoms with Gasteiger partial charge in [0.25, 0.3) is 0 Å². The van der Waals surface area contributed by atoms with Crippen LogP contribution in [-0.4, -0.2) is 24.0 Å². The Morgan fingerprint density at radius 3 is 1.32 bits per heavy atom. The number of aliphatic hydroxyl groups excluding tert-OH is 1. The van der Waals surface area contributed by atoms with Crippen molar-refractivity contribution in [3.05, 3.63) is 121 Å². The normalized spacial score (nSPS) is 11.9. The number of hydrogen-bond donors (Lipinski definition) is 1. The second-order valence-corrected chi connectivity index (χ2v) is 10.8. The molecule has 0 fully saturated rings. The maximum atomic E-state index is 11.1. The molecule has 4 heteroatoms. The molecule has 1 N–H and O–H groups in total. The van der Waals surface area contributed by atoms with Gasteiger partial charge in [0, 0.05) is 0 Å². The van der Waals surface area contributed by atoms with E-state index in [1.165, 1.54) is 15.9 Å². The summed E-state index contributed by atoms with van der Waals surface area (Å²) in [6.45, 7) is 0.262. The van der Waals surface area contributed by atoms with E-state index in [-0.39, 0.29) is 30.6 Å². The Balaban J connectivity index is 0.00000272. The van der Waals surface area contributed by atoms with Crippen LogP contribution in [0, 0.1) is 0 Å². The summed E-state index contributed by atoms with van der Waals surface area (Å²) in [6, 6.07) is 41.5. The van der Waals surface area contributed by atoms with Crippen molar-refractivity contribution >= 4 is 23.2 Å². The van der Waals surface area contributed by atoms with Crippen LogP contribution in [-0.2, 0) is 0 Å². The average molecular weight is 540 g/mol. The topological polar surface area (TPSA) is 29.5 Å². The Hall–Kier alpha value is -2.20. The zero-order chi connectivity index (χ0) is 20.7. The summed E-state index contributed by atoms with van der Waals surface area (Å²) < 4.78 is 5.89. The highest BCUT2D eigenvalue weighted by Gasteiger charge is 2.46. The van der Waals surface area contributed by atoms with E-state index in [1.807, 2.05) is 48.5 Å². The van der Waals surface area contributed by atoms with Crippen LogP contribution in [0.1, 0.15) is 0 Å². The Morgan fingerprint density at radius 1 is 0.581 bits per heavy atom. The Labute approximate surface area is 202 Å². The van der Waals surface area contributed by atoms with E-state index in [0.29, 0.717) is 6.16 Å². The van der Waals surface area contributed by atoms with E-state index >= 15 is 0 Å². The van der Waals surface area contributed by atoms with E-state index in [9.17, 15) is 5.11 Å². The Morgan fingerprint density at radius 2 is 0.935 bits per heavy atom. The Bertz CT molecular complexity index is 931. The summed E-state index contributed by atoms with van der Waals surface area (Å²) in [5.74, 6) is 0.777. The fraction of sp³-hybridized carbons (Fsp3) is 0.111. The molecule has 4 aromatic carbocycles. The minimum absolute atomic E-state index is 0. The number of ether oxygens (including phenoxy) is 1. The van der Waals surface area contributed by atoms with Crippen molar-refractivity contribution < 1.29 is 33.8 Å². The molecule has 0 spiro atoms. The second-order valence-electron chi connectivity index (χ2n) is 7.28. The molecule has 1 atom stereocenters. The van der Waals surface area contributed by atoms with Gasteiger partial charge in [-0.3, -0.25) is 0 Å². The molecule has 0 heterocycles. The fourth-order valence-corrected chi connectivity index (χ4v) is 8.20. The lowest BCUT2D eigenvalue weighted by Crippen LogP contribution is -3.00. The summed E-state index contributed by atoms with van der Waals surface area (Å²) in [7, 11) is -2.06. The molecule has 0 aliphatic heterocycles. The zero-order valence-corrected chi connectivity index (χ0v) is 20.3. The minimum Gasteiger partial charge on any atom is -1.00 e. The highest BCUT2D eigenvalue weighted by atomic mass is 127. The summed E-state index contributed by atoms with van der Waals surface area (Å²) in [5.41, 5.74) is 0. The molecule has 31 heavy (non-hydrogen) atoms. The first kappa shape index (κ1) is 23.5. The van der Waals surface area contributed by atoms with Gasteiger partial charge >= 0.3 is 0 Å². The highest BCUT2D eigenvalue weighted by molar-refractivity contribution is 7.95. The maximum absolute atomic E-state index is 11.1. The lowest BCUT2D eigenvalue weighted by Gasteiger charge is -2.29. The first-order valence-electron chi connectivity index (χ1n) is 10.2. The van der Waals surface area contributed by atoms with Gasteiger partial charge in [0.1, 0.15) is 47.8 Å². The van der Waals surface area contributed by atoms with E-state index in [1.54, 1.807) is 0 Å². The second kappa shape index (κ2) is 11.4. The summed E-state index contributed by atoms with van der Waals surface area (Å²) in [4.78, 5) is 0. The molecule has 0 amide bonds. The Kier molecular flexibility index (Phi) is 8.65. The minimum atomic E-state index is -2.06. The lowest BCUT2D eigenvalue weighted by molar-refractivity contribution is -0.00000775. The first-order valence-corrected chi connectivity index (χ1v) is 12.2. The predicted molar refractivity (Wildman–Crippen MR) is 128 cm³/mol. The molecule has 0 saturated heterocycles. The number of aliphatic hydroxyl groups is 1. The van der Waals surface area contributed by atoms with Gasteiger partial charge < -0.3 is 33.8 Å². The van der Waals surface area contributed by atoms with Gasteiger partial charge in [-0.05, 0) is 48.5 Å². The third-order valence-corrected chi connectivity index (χ3v) is 9.77. The summed E-state index contributed by atoms with van der Waals surface area (Å²) in [6.07, 6.45) is 0.0249. The molecule has 0 radical (unpaired) electrons. The van der Waals surface area contributed by atoms with Crippen LogP contribution >= 0.6 is 7.26 Å². The molecule has 4 rings (SSSR count). The lowest BCUT2D eigenvalue weighted by atomic mass is 10.3. The van der Waals surface area contributed by atoms with Crippen molar-refractivity contribution in [2.45, 2.75) is 6.10 Å². The van der Waals surface area contributed by atoms with Crippen LogP contribution in [0.25, 0.3) is 0 Å². The molecular weight excluding hydrogens is 514 g/mol. The SMILES string of the molecule is O[C@@H](COc1ccccc1)C[P+](c1ccccc1)(c1ccccc1)c1ccccc1.[I-]. The van der Waals surface area contributed by atoms with Gasteiger partial charge in [-0.15, -0.1) is 0 Å². The van der Waals surface area contributed by atoms with Crippen LogP contribution in [0.15, 0.2) is 121 Å². The van der Waals surface area contributed by atoms with Gasteiger partial charge in [0.2, 0.25) is 0 Å². The fourth-order valence-electron chi connectivity index (χ4n) is 3.89. The van der Waals surface area contributed by atoms with E-state index in [0.717, 1.165) is 5.75 Å². The number of benzene rings is 4. The van der Waals surface area contributed by atoms with Crippen LogP contribution in [0.2, 0.25) is 0 Å². The van der Waals surface area contributed by atoms with Gasteiger partial charge in [-0.25, -0.2) is 0 Å². The van der Waals surface area contributed by atoms with Crippen molar-refractivity contribution in [1.82, 2.24) is 0 Å². The van der Waals surface area contributed by atoms with Gasteiger partial charge in [-0.2, -0.15) is 0 Å². The molecule has 158 valence electrons. The van der Waals surface area contributed by atoms with Crippen LogP contribution in [0.4, 0.5) is 0 Å². The van der Waals surface area contributed by atoms with E-state index < -0.39 is 13.4 Å². The van der Waals surface area contributed by atoms with Crippen molar-refractivity contribution in [1.29, 1.82) is 0 Å². The molecule has 0 bridgehead atoms. The van der Waals surface area contributed by atoms with Crippen molar-refractivity contribution in [2.75, 3.05) is 12.8 Å². The van der Waals surface area contributed by atoms with Crippen LogP contribution in [0.5, 0.6) is 5.75 Å². The molecular formula is C27H26IO2P. The standard InChI is InChI=1S/C27H26O2P.HI/c28-23(21-29-24-13-5-1-6-14-24)22-30(25-15-7-2-8-16-25,26-17-9-3-10-18-26)27-19-11-4-12-20-27;/h1-20,23,28H,21-22H2;1H/q+1;/p-1/t23-;/m0./s1. The van der Waals surface area contributed by atoms with Gasteiger partial charge in [0.05, 0.1) is 0 Å². The van der Waals surface area contributed by atoms with Crippen molar-refractivity contribution in [2.24, 2.45) is 0 Å². The third-order valence-electron chi connectivity index (χ3n) is 5.26. The van der Waals surface area contributed by atoms with E-state index in [2.05, 4.69) is 72.8 Å². The number of halogens is 1. The molecule has 0 aromatic heterocycles. The predicted octanol–water partition coefficient (Wildman–Crippen LogP) is 1.42. The largest absolute Gasteiger partial charge is 1.00 e. The molecule has 0 aliphatic rings.